The first-order chi connectivity index (χ1) is 12.9. The van der Waals surface area contributed by atoms with E-state index in [9.17, 15) is 5.11 Å². The molecule has 0 bridgehead atoms. The zero-order valence-corrected chi connectivity index (χ0v) is 19.7. The number of alkyl halides is 1. The van der Waals surface area contributed by atoms with Gasteiger partial charge in [-0.2, -0.15) is 7.05 Å². The Labute approximate surface area is 180 Å². The maximum Gasteiger partial charge on any atom is 0.0920 e. The molecule has 0 amide bonds. The second-order valence-electron chi connectivity index (χ2n) is 10.5. The molecule has 0 aromatic carbocycles. The Bertz CT molecular complexity index is 650. The summed E-state index contributed by atoms with van der Waals surface area (Å²) in [5.41, 5.74) is -1.65. The second-order valence-corrected chi connectivity index (χ2v) is 11.2. The van der Waals surface area contributed by atoms with E-state index in [0.717, 1.165) is 32.1 Å². The number of thiocarbonyl (C=S) groups is 1. The molecule has 0 aromatic heterocycles. The van der Waals surface area contributed by atoms with Crippen molar-refractivity contribution in [2.75, 3.05) is 7.05 Å². The SMILES string of the molecule is C[N-][C@@]1(C)CC[C@H]([C@@]2(C)CC[C@@H](Cl)C(C)(C)O2)[C@H]2[C@@H](N=C=S)[C@](C)(O)CC[C@@H]21. The normalized spacial score (nSPS) is 51.1. The Morgan fingerprint density at radius 2 is 1.71 bits per heavy atom. The first kappa shape index (κ1) is 22.7. The third-order valence-corrected chi connectivity index (χ3v) is 9.13. The average molecular weight is 428 g/mol. The largest absolute Gasteiger partial charge is 0.659 e. The van der Waals surface area contributed by atoms with E-state index in [1.807, 2.05) is 14.0 Å². The summed E-state index contributed by atoms with van der Waals surface area (Å²) in [5.74, 6) is 0.791. The van der Waals surface area contributed by atoms with Gasteiger partial charge in [-0.15, -0.1) is 17.1 Å². The van der Waals surface area contributed by atoms with Crippen LogP contribution in [0.5, 0.6) is 0 Å². The molecule has 8 atom stereocenters. The van der Waals surface area contributed by atoms with Gasteiger partial charge in [0.15, 0.2) is 0 Å². The van der Waals surface area contributed by atoms with Crippen molar-refractivity contribution in [3.8, 4) is 0 Å². The molecular weight excluding hydrogens is 392 g/mol. The molecule has 0 spiro atoms. The molecule has 2 aliphatic carbocycles. The van der Waals surface area contributed by atoms with Gasteiger partial charge < -0.3 is 15.2 Å². The number of nitrogens with zero attached hydrogens (tertiary/aromatic N) is 2. The number of fused-ring (bicyclic) bond motifs is 1. The summed E-state index contributed by atoms with van der Waals surface area (Å²) in [6.07, 6.45) is 5.57. The van der Waals surface area contributed by atoms with E-state index >= 15 is 0 Å². The number of aliphatic hydroxyl groups is 1. The smallest absolute Gasteiger partial charge is 0.0920 e. The van der Waals surface area contributed by atoms with E-state index in [0.29, 0.717) is 12.3 Å². The highest BCUT2D eigenvalue weighted by atomic mass is 35.5. The molecule has 4 nitrogen and oxygen atoms in total. The molecule has 1 saturated heterocycles. The lowest BCUT2D eigenvalue weighted by atomic mass is 9.51. The number of ether oxygens (including phenoxy) is 1. The maximum absolute atomic E-state index is 11.2. The minimum atomic E-state index is -0.882. The fourth-order valence-corrected chi connectivity index (χ4v) is 6.75. The predicted octanol–water partition coefficient (Wildman–Crippen LogP) is 5.36. The predicted molar refractivity (Wildman–Crippen MR) is 119 cm³/mol. The quantitative estimate of drug-likeness (QED) is 0.374. The molecule has 1 aliphatic heterocycles. The van der Waals surface area contributed by atoms with Crippen LogP contribution in [-0.4, -0.2) is 51.1 Å². The molecular formula is C22H36ClN2O2S-. The highest BCUT2D eigenvalue weighted by molar-refractivity contribution is 7.78. The Kier molecular flexibility index (Phi) is 6.14. The van der Waals surface area contributed by atoms with Crippen molar-refractivity contribution in [1.82, 2.24) is 0 Å². The molecule has 0 aromatic rings. The maximum atomic E-state index is 11.2. The number of aliphatic imine (C=N–C) groups is 1. The summed E-state index contributed by atoms with van der Waals surface area (Å²) < 4.78 is 6.73. The number of rotatable bonds is 3. The minimum absolute atomic E-state index is 0.0140. The Morgan fingerprint density at radius 1 is 1.07 bits per heavy atom. The van der Waals surface area contributed by atoms with Crippen molar-refractivity contribution in [2.24, 2.45) is 22.7 Å². The summed E-state index contributed by atoms with van der Waals surface area (Å²) in [7, 11) is 1.93. The molecule has 1 N–H and O–H groups in total. The topological polar surface area (TPSA) is 55.9 Å². The Hall–Kier alpha value is -0.0300. The molecule has 160 valence electrons. The van der Waals surface area contributed by atoms with Gasteiger partial charge in [0.25, 0.3) is 0 Å². The van der Waals surface area contributed by atoms with Crippen molar-refractivity contribution in [2.45, 2.75) is 107 Å². The molecule has 3 fully saturated rings. The van der Waals surface area contributed by atoms with Gasteiger partial charge in [-0.3, -0.25) is 0 Å². The van der Waals surface area contributed by atoms with Gasteiger partial charge in [0, 0.05) is 0 Å². The fourth-order valence-electron chi connectivity index (χ4n) is 6.48. The van der Waals surface area contributed by atoms with Gasteiger partial charge in [-0.1, -0.05) is 13.3 Å². The number of hydrogen-bond donors (Lipinski definition) is 1. The van der Waals surface area contributed by atoms with Crippen LogP contribution in [0.15, 0.2) is 4.99 Å². The van der Waals surface area contributed by atoms with Crippen LogP contribution in [0, 0.1) is 17.8 Å². The van der Waals surface area contributed by atoms with Gasteiger partial charge in [-0.05, 0) is 89.8 Å². The number of halogens is 1. The molecule has 0 radical (unpaired) electrons. The lowest BCUT2D eigenvalue weighted by Gasteiger charge is -2.65. The van der Waals surface area contributed by atoms with Gasteiger partial charge in [0.1, 0.15) is 0 Å². The van der Waals surface area contributed by atoms with E-state index in [-0.39, 0.29) is 40.0 Å². The zero-order valence-electron chi connectivity index (χ0n) is 18.2. The first-order valence-electron chi connectivity index (χ1n) is 10.6. The van der Waals surface area contributed by atoms with Crippen LogP contribution in [0.1, 0.15) is 73.1 Å². The summed E-state index contributed by atoms with van der Waals surface area (Å²) in [5, 5.41) is 18.6. The van der Waals surface area contributed by atoms with E-state index in [1.165, 1.54) is 0 Å². The van der Waals surface area contributed by atoms with E-state index in [4.69, 9.17) is 33.9 Å². The van der Waals surface area contributed by atoms with E-state index < -0.39 is 5.60 Å². The van der Waals surface area contributed by atoms with Crippen molar-refractivity contribution in [3.63, 3.8) is 0 Å². The van der Waals surface area contributed by atoms with Crippen LogP contribution in [0.3, 0.4) is 0 Å². The summed E-state index contributed by atoms with van der Waals surface area (Å²) in [6.45, 7) is 10.6. The number of isothiocyanates is 1. The minimum Gasteiger partial charge on any atom is -0.659 e. The first-order valence-corrected chi connectivity index (χ1v) is 11.5. The van der Waals surface area contributed by atoms with Gasteiger partial charge >= 0.3 is 0 Å². The molecule has 1 heterocycles. The van der Waals surface area contributed by atoms with Crippen molar-refractivity contribution in [3.05, 3.63) is 5.32 Å². The van der Waals surface area contributed by atoms with Crippen LogP contribution >= 0.6 is 23.8 Å². The summed E-state index contributed by atoms with van der Waals surface area (Å²) >= 11 is 11.6. The lowest BCUT2D eigenvalue weighted by Crippen LogP contribution is -2.64. The zero-order chi connectivity index (χ0) is 21.0. The highest BCUT2D eigenvalue weighted by Crippen LogP contribution is 2.59. The molecule has 0 unspecified atom stereocenters. The molecule has 6 heteroatoms. The molecule has 28 heavy (non-hydrogen) atoms. The lowest BCUT2D eigenvalue weighted by molar-refractivity contribution is -0.219. The van der Waals surface area contributed by atoms with Crippen molar-refractivity contribution in [1.29, 1.82) is 0 Å². The monoisotopic (exact) mass is 427 g/mol. The Balaban J connectivity index is 2.04. The van der Waals surface area contributed by atoms with Crippen LogP contribution in [0.25, 0.3) is 5.32 Å². The average Bonchev–Trinajstić information content (AvgIpc) is 2.60. The van der Waals surface area contributed by atoms with Crippen LogP contribution in [-0.2, 0) is 4.74 Å². The summed E-state index contributed by atoms with van der Waals surface area (Å²) in [6, 6.07) is -0.271. The fraction of sp³-hybridized carbons (Fsp3) is 0.955. The highest BCUT2D eigenvalue weighted by Gasteiger charge is 2.59. The van der Waals surface area contributed by atoms with Gasteiger partial charge in [0.2, 0.25) is 0 Å². The Morgan fingerprint density at radius 3 is 2.29 bits per heavy atom. The van der Waals surface area contributed by atoms with Crippen LogP contribution in [0.4, 0.5) is 0 Å². The van der Waals surface area contributed by atoms with E-state index in [1.54, 1.807) is 0 Å². The van der Waals surface area contributed by atoms with Crippen molar-refractivity contribution >= 4 is 29.0 Å². The number of hydrogen-bond acceptors (Lipinski definition) is 4. The van der Waals surface area contributed by atoms with Crippen LogP contribution < -0.4 is 0 Å². The molecule has 3 aliphatic rings. The standard InChI is InChI=1S/C22H36ClN2O2S/c1-19(2)16(23)9-12-22(5,27-19)15-7-10-20(3,24-6)14-8-11-21(4,26)18(17(14)15)25-13-28/h14-18,26H,7-12H2,1-6H3/q-1/t14-,15-,16+,17-,18+,20-,21+,22+/m0/s1. The third kappa shape index (κ3) is 3.72. The molecule has 2 saturated carbocycles. The van der Waals surface area contributed by atoms with E-state index in [2.05, 4.69) is 37.8 Å². The van der Waals surface area contributed by atoms with Gasteiger partial charge in [0.05, 0.1) is 33.4 Å². The van der Waals surface area contributed by atoms with Gasteiger partial charge in [-0.25, -0.2) is 4.99 Å². The molecule has 3 rings (SSSR count). The van der Waals surface area contributed by atoms with Crippen molar-refractivity contribution < 1.29 is 9.84 Å². The summed E-state index contributed by atoms with van der Waals surface area (Å²) in [4.78, 5) is 4.54. The van der Waals surface area contributed by atoms with Crippen LogP contribution in [0.2, 0.25) is 0 Å². The third-order valence-electron chi connectivity index (χ3n) is 8.28. The second kappa shape index (κ2) is 7.59.